The molecule has 0 saturated carbocycles. The summed E-state index contributed by atoms with van der Waals surface area (Å²) in [6.45, 7) is 0.501. The van der Waals surface area contributed by atoms with Crippen molar-refractivity contribution in [2.24, 2.45) is 5.10 Å². The van der Waals surface area contributed by atoms with Crippen LogP contribution in [0.25, 0.3) is 11.0 Å². The van der Waals surface area contributed by atoms with Gasteiger partial charge in [0.05, 0.1) is 17.2 Å². The van der Waals surface area contributed by atoms with E-state index in [4.69, 9.17) is 4.98 Å². The molecule has 150 valence electrons. The summed E-state index contributed by atoms with van der Waals surface area (Å²) in [5.41, 5.74) is 6.17. The molecule has 3 aromatic carbocycles. The van der Waals surface area contributed by atoms with Gasteiger partial charge in [0.25, 0.3) is 0 Å². The first kappa shape index (κ1) is 19.4. The summed E-state index contributed by atoms with van der Waals surface area (Å²) >= 11 is 0. The van der Waals surface area contributed by atoms with Crippen LogP contribution in [0.3, 0.4) is 0 Å². The molecule has 30 heavy (non-hydrogen) atoms. The number of imidazole rings is 1. The fourth-order valence-electron chi connectivity index (χ4n) is 3.33. The highest BCUT2D eigenvalue weighted by molar-refractivity contribution is 5.85. The van der Waals surface area contributed by atoms with Crippen molar-refractivity contribution >= 4 is 23.2 Å². The number of hydrogen-bond donors (Lipinski definition) is 2. The molecule has 4 aromatic rings. The Kier molecular flexibility index (Phi) is 5.85. The number of carbonyl (C=O) groups is 1. The average molecular weight is 398 g/mol. The molecular weight excluding hydrogens is 376 g/mol. The van der Waals surface area contributed by atoms with Crippen LogP contribution in [0.4, 0.5) is 0 Å². The van der Waals surface area contributed by atoms with Crippen LogP contribution in [0.1, 0.15) is 23.4 Å². The number of aryl methyl sites for hydroxylation is 1. The van der Waals surface area contributed by atoms with E-state index < -0.39 is 0 Å². The van der Waals surface area contributed by atoms with E-state index in [-0.39, 0.29) is 18.1 Å². The Balaban J connectivity index is 1.46. The van der Waals surface area contributed by atoms with Gasteiger partial charge in [-0.05, 0) is 29.8 Å². The molecule has 2 N–H and O–H groups in total. The minimum atomic E-state index is -0.204. The van der Waals surface area contributed by atoms with Crippen molar-refractivity contribution in [3.63, 3.8) is 0 Å². The summed E-state index contributed by atoms with van der Waals surface area (Å²) in [5, 5.41) is 13.7. The van der Waals surface area contributed by atoms with Gasteiger partial charge in [-0.2, -0.15) is 5.10 Å². The lowest BCUT2D eigenvalue weighted by Crippen LogP contribution is -2.20. The molecule has 1 aromatic heterocycles. The molecule has 1 heterocycles. The van der Waals surface area contributed by atoms with Gasteiger partial charge in [-0.15, -0.1) is 0 Å². The van der Waals surface area contributed by atoms with Gasteiger partial charge < -0.3 is 9.67 Å². The lowest BCUT2D eigenvalue weighted by Gasteiger charge is -2.09. The first-order valence-electron chi connectivity index (χ1n) is 9.78. The van der Waals surface area contributed by atoms with Crippen LogP contribution in [-0.4, -0.2) is 26.8 Å². The molecule has 0 aliphatic rings. The number of nitrogens with zero attached hydrogens (tertiary/aromatic N) is 3. The zero-order valence-electron chi connectivity index (χ0n) is 16.4. The van der Waals surface area contributed by atoms with Crippen LogP contribution in [0, 0.1) is 0 Å². The maximum absolute atomic E-state index is 12.3. The Morgan fingerprint density at radius 3 is 2.57 bits per heavy atom. The van der Waals surface area contributed by atoms with E-state index in [1.807, 2.05) is 42.5 Å². The summed E-state index contributed by atoms with van der Waals surface area (Å²) in [6, 6.07) is 24.9. The van der Waals surface area contributed by atoms with Gasteiger partial charge in [-0.1, -0.05) is 54.6 Å². The van der Waals surface area contributed by atoms with E-state index in [1.54, 1.807) is 24.3 Å². The minimum absolute atomic E-state index is 0.117. The second kappa shape index (κ2) is 9.05. The van der Waals surface area contributed by atoms with Gasteiger partial charge in [-0.25, -0.2) is 10.4 Å². The normalized spacial score (nSPS) is 11.2. The van der Waals surface area contributed by atoms with Crippen LogP contribution >= 0.6 is 0 Å². The number of para-hydroxylation sites is 3. The quantitative estimate of drug-likeness (QED) is 0.366. The summed E-state index contributed by atoms with van der Waals surface area (Å²) < 4.78 is 2.09. The van der Waals surface area contributed by atoms with E-state index in [0.29, 0.717) is 18.5 Å². The van der Waals surface area contributed by atoms with Crippen molar-refractivity contribution in [1.82, 2.24) is 15.0 Å². The molecule has 0 aliphatic heterocycles. The second-order valence-corrected chi connectivity index (χ2v) is 6.93. The molecule has 6 nitrogen and oxygen atoms in total. The largest absolute Gasteiger partial charge is 0.507 e. The lowest BCUT2D eigenvalue weighted by atomic mass is 10.1. The van der Waals surface area contributed by atoms with Gasteiger partial charge >= 0.3 is 0 Å². The van der Waals surface area contributed by atoms with Crippen LogP contribution < -0.4 is 5.43 Å². The number of hydrogen-bond acceptors (Lipinski definition) is 4. The number of hydrazone groups is 1. The van der Waals surface area contributed by atoms with Gasteiger partial charge in [0.2, 0.25) is 5.91 Å². The molecule has 4 rings (SSSR count). The van der Waals surface area contributed by atoms with Gasteiger partial charge in [0, 0.05) is 24.9 Å². The van der Waals surface area contributed by atoms with E-state index >= 15 is 0 Å². The Bertz CT molecular complexity index is 1180. The Morgan fingerprint density at radius 2 is 1.73 bits per heavy atom. The predicted octanol–water partition coefficient (Wildman–Crippen LogP) is 3.87. The number of carbonyl (C=O) groups excluding carboxylic acids is 1. The number of amides is 1. The summed E-state index contributed by atoms with van der Waals surface area (Å²) in [7, 11) is 0. The summed E-state index contributed by atoms with van der Waals surface area (Å²) in [5.74, 6) is 0.837. The average Bonchev–Trinajstić information content (AvgIpc) is 3.11. The molecule has 0 bridgehead atoms. The van der Waals surface area contributed by atoms with E-state index in [9.17, 15) is 9.90 Å². The number of aromatic nitrogens is 2. The summed E-state index contributed by atoms with van der Waals surface area (Å²) in [4.78, 5) is 17.1. The third-order valence-electron chi connectivity index (χ3n) is 4.83. The van der Waals surface area contributed by atoms with E-state index in [1.165, 1.54) is 11.8 Å². The molecule has 1 amide bonds. The molecule has 0 fully saturated rings. The smallest absolute Gasteiger partial charge is 0.241 e. The molecular formula is C24H22N4O2. The SMILES string of the molecule is O=C(CCn1c(Cc2ccccc2)nc2ccccc21)NN=Cc1ccccc1O. The summed E-state index contributed by atoms with van der Waals surface area (Å²) in [6.07, 6.45) is 2.39. The van der Waals surface area contributed by atoms with Gasteiger partial charge in [-0.3, -0.25) is 4.79 Å². The zero-order chi connectivity index (χ0) is 20.8. The standard InChI is InChI=1S/C24H22N4O2/c29-22-13-7-4-10-19(22)17-25-27-24(30)14-15-28-21-12-6-5-11-20(21)26-23(28)16-18-8-2-1-3-9-18/h1-13,17,29H,14-16H2,(H,27,30). The fraction of sp³-hybridized carbons (Fsp3) is 0.125. The molecule has 0 atom stereocenters. The predicted molar refractivity (Wildman–Crippen MR) is 117 cm³/mol. The van der Waals surface area contributed by atoms with Crippen molar-refractivity contribution in [2.75, 3.05) is 0 Å². The highest BCUT2D eigenvalue weighted by Crippen LogP contribution is 2.19. The van der Waals surface area contributed by atoms with Gasteiger partial charge in [0.15, 0.2) is 0 Å². The van der Waals surface area contributed by atoms with Crippen LogP contribution in [0.15, 0.2) is 84.0 Å². The van der Waals surface area contributed by atoms with Crippen molar-refractivity contribution in [3.8, 4) is 5.75 Å². The topological polar surface area (TPSA) is 79.5 Å². The molecule has 0 unspecified atom stereocenters. The first-order valence-corrected chi connectivity index (χ1v) is 9.78. The molecule has 0 spiro atoms. The number of benzene rings is 3. The Labute approximate surface area is 174 Å². The number of rotatable bonds is 7. The van der Waals surface area contributed by atoms with E-state index in [0.717, 1.165) is 16.9 Å². The molecule has 6 heteroatoms. The lowest BCUT2D eigenvalue weighted by molar-refractivity contribution is -0.121. The zero-order valence-corrected chi connectivity index (χ0v) is 16.4. The van der Waals surface area contributed by atoms with Crippen molar-refractivity contribution in [3.05, 3.63) is 95.8 Å². The van der Waals surface area contributed by atoms with Crippen molar-refractivity contribution in [1.29, 1.82) is 0 Å². The first-order chi connectivity index (χ1) is 14.7. The maximum atomic E-state index is 12.3. The van der Waals surface area contributed by atoms with Crippen LogP contribution in [0.5, 0.6) is 5.75 Å². The van der Waals surface area contributed by atoms with Crippen LogP contribution in [-0.2, 0) is 17.8 Å². The third-order valence-corrected chi connectivity index (χ3v) is 4.83. The van der Waals surface area contributed by atoms with E-state index in [2.05, 4.69) is 27.2 Å². The molecule has 0 radical (unpaired) electrons. The Hall–Kier alpha value is -3.93. The monoisotopic (exact) mass is 398 g/mol. The highest BCUT2D eigenvalue weighted by Gasteiger charge is 2.12. The second-order valence-electron chi connectivity index (χ2n) is 6.93. The molecule has 0 saturated heterocycles. The van der Waals surface area contributed by atoms with Crippen molar-refractivity contribution < 1.29 is 9.90 Å². The molecule has 0 aliphatic carbocycles. The third kappa shape index (κ3) is 4.55. The van der Waals surface area contributed by atoms with Crippen LogP contribution in [0.2, 0.25) is 0 Å². The number of phenols is 1. The number of nitrogens with one attached hydrogen (secondary N) is 1. The highest BCUT2D eigenvalue weighted by atomic mass is 16.3. The van der Waals surface area contributed by atoms with Gasteiger partial charge in [0.1, 0.15) is 11.6 Å². The number of phenolic OH excluding ortho intramolecular Hbond substituents is 1. The number of fused-ring (bicyclic) bond motifs is 1. The minimum Gasteiger partial charge on any atom is -0.507 e. The fourth-order valence-corrected chi connectivity index (χ4v) is 3.33. The van der Waals surface area contributed by atoms with Crippen molar-refractivity contribution in [2.45, 2.75) is 19.4 Å². The number of aromatic hydroxyl groups is 1. The maximum Gasteiger partial charge on any atom is 0.241 e. The Morgan fingerprint density at radius 1 is 1.00 bits per heavy atom.